The van der Waals surface area contributed by atoms with Crippen LogP contribution in [0.1, 0.15) is 32.0 Å². The molecule has 0 fully saturated rings. The lowest BCUT2D eigenvalue weighted by molar-refractivity contribution is 0.0977. The van der Waals surface area contributed by atoms with Gasteiger partial charge in [0.2, 0.25) is 5.78 Å². The lowest BCUT2D eigenvalue weighted by Gasteiger charge is -2.13. The van der Waals surface area contributed by atoms with Crippen molar-refractivity contribution >= 4 is 11.6 Å². The van der Waals surface area contributed by atoms with E-state index in [0.717, 1.165) is 11.3 Å². The summed E-state index contributed by atoms with van der Waals surface area (Å²) in [5.41, 5.74) is 3.53. The zero-order valence-corrected chi connectivity index (χ0v) is 11.1. The Kier molecular flexibility index (Phi) is 2.42. The van der Waals surface area contributed by atoms with E-state index < -0.39 is 0 Å². The Morgan fingerprint density at radius 2 is 1.29 bits per heavy atom. The molecule has 1 aromatic heterocycles. The van der Waals surface area contributed by atoms with Crippen molar-refractivity contribution in [3.8, 4) is 11.3 Å². The number of ketones is 2. The van der Waals surface area contributed by atoms with Crippen LogP contribution >= 0.6 is 0 Å². The zero-order chi connectivity index (χ0) is 14.4. The molecule has 21 heavy (non-hydrogen) atoms. The summed E-state index contributed by atoms with van der Waals surface area (Å²) in [6.07, 6.45) is 0. The lowest BCUT2D eigenvalue weighted by atomic mass is 9.88. The molecule has 0 unspecified atom stereocenters. The summed E-state index contributed by atoms with van der Waals surface area (Å²) in [6, 6.07) is 18.4. The number of carbonyl (C=O) groups is 2. The number of aromatic nitrogens is 1. The van der Waals surface area contributed by atoms with Gasteiger partial charge in [0.15, 0.2) is 5.78 Å². The molecule has 3 nitrogen and oxygen atoms in total. The molecule has 1 heterocycles. The molecule has 0 aliphatic heterocycles. The second-order valence-electron chi connectivity index (χ2n) is 5.04. The fourth-order valence-electron chi connectivity index (χ4n) is 2.74. The molecule has 1 aliphatic carbocycles. The number of rotatable bonds is 1. The van der Waals surface area contributed by atoms with Crippen LogP contribution in [0.25, 0.3) is 11.3 Å². The van der Waals surface area contributed by atoms with E-state index in [9.17, 15) is 9.59 Å². The molecule has 0 saturated carbocycles. The molecule has 0 bridgehead atoms. The Balaban J connectivity index is 1.92. The van der Waals surface area contributed by atoms with Crippen molar-refractivity contribution in [2.45, 2.75) is 0 Å². The summed E-state index contributed by atoms with van der Waals surface area (Å²) in [5, 5.41) is 0. The number of hydrogen-bond acceptors (Lipinski definition) is 2. The highest BCUT2D eigenvalue weighted by molar-refractivity contribution is 6.28. The van der Waals surface area contributed by atoms with Crippen molar-refractivity contribution in [3.05, 3.63) is 83.0 Å². The predicted molar refractivity (Wildman–Crippen MR) is 79.5 cm³/mol. The number of nitrogens with one attached hydrogen (secondary N) is 1. The molecule has 1 N–H and O–H groups in total. The molecule has 1 aliphatic rings. The summed E-state index contributed by atoms with van der Waals surface area (Å²) >= 11 is 0. The predicted octanol–water partition coefficient (Wildman–Crippen LogP) is 3.46. The van der Waals surface area contributed by atoms with Gasteiger partial charge in [-0.05, 0) is 11.6 Å². The van der Waals surface area contributed by atoms with E-state index in [1.165, 1.54) is 0 Å². The highest BCUT2D eigenvalue weighted by atomic mass is 16.1. The Morgan fingerprint density at radius 3 is 2.00 bits per heavy atom. The molecule has 0 spiro atoms. The van der Waals surface area contributed by atoms with E-state index in [1.807, 2.05) is 30.3 Å². The Hall–Kier alpha value is -2.94. The van der Waals surface area contributed by atoms with Gasteiger partial charge in [0.1, 0.15) is 0 Å². The van der Waals surface area contributed by atoms with Gasteiger partial charge in [0.05, 0.1) is 11.3 Å². The van der Waals surface area contributed by atoms with Gasteiger partial charge in [-0.1, -0.05) is 54.6 Å². The van der Waals surface area contributed by atoms with Crippen molar-refractivity contribution in [2.24, 2.45) is 0 Å². The maximum Gasteiger partial charge on any atom is 0.210 e. The third-order valence-corrected chi connectivity index (χ3v) is 3.79. The van der Waals surface area contributed by atoms with Crippen molar-refractivity contribution < 1.29 is 9.59 Å². The Labute approximate surface area is 121 Å². The minimum atomic E-state index is -0.123. The normalized spacial score (nSPS) is 13.0. The van der Waals surface area contributed by atoms with E-state index in [4.69, 9.17) is 0 Å². The monoisotopic (exact) mass is 273 g/mol. The van der Waals surface area contributed by atoms with Crippen molar-refractivity contribution in [1.82, 2.24) is 4.98 Å². The first-order valence-corrected chi connectivity index (χ1v) is 6.72. The zero-order valence-electron chi connectivity index (χ0n) is 11.1. The minimum absolute atomic E-state index is 0.0985. The maximum absolute atomic E-state index is 12.5. The average molecular weight is 273 g/mol. The van der Waals surface area contributed by atoms with Gasteiger partial charge in [-0.15, -0.1) is 0 Å². The Bertz CT molecular complexity index is 823. The molecule has 0 saturated heterocycles. The molecular formula is C18H11NO2. The molecule has 0 radical (unpaired) electrons. The van der Waals surface area contributed by atoms with Crippen LogP contribution < -0.4 is 0 Å². The average Bonchev–Trinajstić information content (AvgIpc) is 2.99. The molecule has 0 amide bonds. The number of hydrogen-bond donors (Lipinski definition) is 1. The molecule has 3 aromatic rings. The second-order valence-corrected chi connectivity index (χ2v) is 5.04. The number of benzene rings is 2. The van der Waals surface area contributed by atoms with Crippen LogP contribution in [-0.2, 0) is 0 Å². The Morgan fingerprint density at radius 1 is 0.667 bits per heavy atom. The van der Waals surface area contributed by atoms with E-state index >= 15 is 0 Å². The fraction of sp³-hybridized carbons (Fsp3) is 0. The van der Waals surface area contributed by atoms with Crippen LogP contribution in [0.5, 0.6) is 0 Å². The summed E-state index contributed by atoms with van der Waals surface area (Å²) in [4.78, 5) is 28.1. The largest absolute Gasteiger partial charge is 0.351 e. The van der Waals surface area contributed by atoms with Crippen LogP contribution in [-0.4, -0.2) is 16.6 Å². The van der Waals surface area contributed by atoms with Gasteiger partial charge in [0, 0.05) is 16.8 Å². The second kappa shape index (κ2) is 4.28. The van der Waals surface area contributed by atoms with Crippen LogP contribution in [0.2, 0.25) is 0 Å². The summed E-state index contributed by atoms with van der Waals surface area (Å²) in [5.74, 6) is -0.221. The molecular weight excluding hydrogens is 262 g/mol. The van der Waals surface area contributed by atoms with Crippen molar-refractivity contribution in [1.29, 1.82) is 0 Å². The molecule has 2 aromatic carbocycles. The molecule has 100 valence electrons. The van der Waals surface area contributed by atoms with E-state index in [0.29, 0.717) is 22.4 Å². The smallest absolute Gasteiger partial charge is 0.210 e. The van der Waals surface area contributed by atoms with Crippen molar-refractivity contribution in [3.63, 3.8) is 0 Å². The maximum atomic E-state index is 12.5. The van der Waals surface area contributed by atoms with Crippen molar-refractivity contribution in [2.75, 3.05) is 0 Å². The summed E-state index contributed by atoms with van der Waals surface area (Å²) in [7, 11) is 0. The van der Waals surface area contributed by atoms with E-state index in [2.05, 4.69) is 4.98 Å². The van der Waals surface area contributed by atoms with Crippen LogP contribution in [0.15, 0.2) is 60.7 Å². The minimum Gasteiger partial charge on any atom is -0.351 e. The topological polar surface area (TPSA) is 49.9 Å². The van der Waals surface area contributed by atoms with Crippen LogP contribution in [0.4, 0.5) is 0 Å². The van der Waals surface area contributed by atoms with Gasteiger partial charge in [0.25, 0.3) is 0 Å². The summed E-state index contributed by atoms with van der Waals surface area (Å²) in [6.45, 7) is 0. The van der Waals surface area contributed by atoms with Gasteiger partial charge < -0.3 is 4.98 Å². The molecule has 3 heteroatoms. The van der Waals surface area contributed by atoms with Crippen LogP contribution in [0, 0.1) is 0 Å². The van der Waals surface area contributed by atoms with Gasteiger partial charge in [-0.3, -0.25) is 9.59 Å². The van der Waals surface area contributed by atoms with E-state index in [-0.39, 0.29) is 11.6 Å². The molecule has 4 rings (SSSR count). The number of H-pyrrole nitrogens is 1. The van der Waals surface area contributed by atoms with E-state index in [1.54, 1.807) is 30.3 Å². The lowest BCUT2D eigenvalue weighted by Crippen LogP contribution is -2.19. The van der Waals surface area contributed by atoms with Gasteiger partial charge >= 0.3 is 0 Å². The third kappa shape index (κ3) is 1.68. The standard InChI is InChI=1S/C18H11NO2/c20-17-12-8-4-5-9-13(12)18(21)16-14(17)10-15(19-16)11-6-2-1-3-7-11/h1-10,19H. The third-order valence-electron chi connectivity index (χ3n) is 3.79. The van der Waals surface area contributed by atoms with Crippen LogP contribution in [0.3, 0.4) is 0 Å². The highest BCUT2D eigenvalue weighted by Crippen LogP contribution is 2.30. The summed E-state index contributed by atoms with van der Waals surface area (Å²) < 4.78 is 0. The quantitative estimate of drug-likeness (QED) is 0.577. The number of aromatic amines is 1. The first kappa shape index (κ1) is 11.9. The van der Waals surface area contributed by atoms with Gasteiger partial charge in [-0.25, -0.2) is 0 Å². The first-order chi connectivity index (χ1) is 10.3. The van der Waals surface area contributed by atoms with Gasteiger partial charge in [-0.2, -0.15) is 0 Å². The SMILES string of the molecule is O=C1c2ccccc2C(=O)c2[nH]c(-c3ccccc3)cc21. The first-order valence-electron chi connectivity index (χ1n) is 6.72. The number of fused-ring (bicyclic) bond motifs is 2. The molecule has 0 atom stereocenters. The number of carbonyl (C=O) groups excluding carboxylic acids is 2. The highest BCUT2D eigenvalue weighted by Gasteiger charge is 2.31. The fourth-order valence-corrected chi connectivity index (χ4v) is 2.74.